The number of aliphatic imine (C=N–C) groups is 1. The first-order chi connectivity index (χ1) is 17.4. The molecule has 1 saturated heterocycles. The Kier molecular flexibility index (Phi) is 8.15. The Labute approximate surface area is 212 Å². The number of nitrogens with two attached hydrogens (primary N) is 2. The summed E-state index contributed by atoms with van der Waals surface area (Å²) in [6.45, 7) is 3.43. The first-order valence-corrected chi connectivity index (χ1v) is 12.2. The minimum atomic E-state index is -0.479. The Morgan fingerprint density at radius 1 is 1.17 bits per heavy atom. The minimum absolute atomic E-state index is 0.0516. The fraction of sp³-hybridized carbons (Fsp3) is 0.269. The summed E-state index contributed by atoms with van der Waals surface area (Å²) in [4.78, 5) is 9.47. The zero-order valence-corrected chi connectivity index (χ0v) is 20.6. The van der Waals surface area contributed by atoms with E-state index in [2.05, 4.69) is 9.98 Å². The van der Waals surface area contributed by atoms with E-state index in [4.69, 9.17) is 25.7 Å². The number of hydrogen-bond donors (Lipinski definition) is 2. The lowest BCUT2D eigenvalue weighted by molar-refractivity contribution is 0.0752. The van der Waals surface area contributed by atoms with Gasteiger partial charge in [-0.05, 0) is 44.0 Å². The molecule has 0 saturated carbocycles. The van der Waals surface area contributed by atoms with Crippen LogP contribution in [0.2, 0.25) is 0 Å². The van der Waals surface area contributed by atoms with E-state index in [9.17, 15) is 9.65 Å². The molecule has 186 valence electrons. The molecule has 0 aliphatic carbocycles. The van der Waals surface area contributed by atoms with E-state index < -0.39 is 5.82 Å². The monoisotopic (exact) mass is 507 g/mol. The average molecular weight is 508 g/mol. The van der Waals surface area contributed by atoms with Gasteiger partial charge in [0.25, 0.3) is 0 Å². The van der Waals surface area contributed by atoms with Gasteiger partial charge >= 0.3 is 0 Å². The summed E-state index contributed by atoms with van der Waals surface area (Å²) >= 11 is 1.52. The molecule has 3 aromatic rings. The van der Waals surface area contributed by atoms with E-state index in [-0.39, 0.29) is 23.1 Å². The van der Waals surface area contributed by atoms with Gasteiger partial charge < -0.3 is 25.7 Å². The maximum Gasteiger partial charge on any atom is 0.165 e. The summed E-state index contributed by atoms with van der Waals surface area (Å²) in [6, 6.07) is 12.9. The van der Waals surface area contributed by atoms with Crippen molar-refractivity contribution < 1.29 is 18.6 Å². The first kappa shape index (κ1) is 25.2. The highest BCUT2D eigenvalue weighted by Gasteiger charge is 2.20. The number of hydrogen-bond acceptors (Lipinski definition) is 9. The summed E-state index contributed by atoms with van der Waals surface area (Å²) < 4.78 is 31.0. The molecule has 36 heavy (non-hydrogen) atoms. The molecule has 0 spiro atoms. The predicted molar refractivity (Wildman–Crippen MR) is 136 cm³/mol. The van der Waals surface area contributed by atoms with Gasteiger partial charge in [-0.3, -0.25) is 0 Å². The third-order valence-corrected chi connectivity index (χ3v) is 6.43. The van der Waals surface area contributed by atoms with Crippen molar-refractivity contribution >= 4 is 22.7 Å². The molecule has 8 nitrogen and oxygen atoms in total. The highest BCUT2D eigenvalue weighted by Crippen LogP contribution is 2.29. The smallest absolute Gasteiger partial charge is 0.165 e. The highest BCUT2D eigenvalue weighted by atomic mass is 32.1. The van der Waals surface area contributed by atoms with Crippen molar-refractivity contribution in [3.05, 3.63) is 75.8 Å². The van der Waals surface area contributed by atoms with E-state index in [0.717, 1.165) is 22.7 Å². The van der Waals surface area contributed by atoms with Crippen LogP contribution in [0.4, 0.5) is 10.1 Å². The van der Waals surface area contributed by atoms with Crippen LogP contribution in [0.3, 0.4) is 0 Å². The normalized spacial score (nSPS) is 15.2. The van der Waals surface area contributed by atoms with Crippen molar-refractivity contribution in [2.45, 2.75) is 26.4 Å². The van der Waals surface area contributed by atoms with Gasteiger partial charge in [0.05, 0.1) is 21.3 Å². The predicted octanol–water partition coefficient (Wildman–Crippen LogP) is 5.11. The standard InChI is InChI=1S/C26H26FN5O3S/c1-16-31-14-23(36-16)15-34-21-10-18(27)11-22(12-21)35-20-4-2-19(3-5-20)32-24(13-28)26(30)25(29)17-6-8-33-9-7-17/h2-5,10-12,14,17H,6-9,15,29-30H2,1H3/b26-25+,32-24?. The van der Waals surface area contributed by atoms with Crippen LogP contribution >= 0.6 is 11.3 Å². The van der Waals surface area contributed by atoms with Crippen molar-refractivity contribution in [3.8, 4) is 23.3 Å². The molecule has 4 rings (SSSR count). The molecule has 2 heterocycles. The molecule has 0 amide bonds. The van der Waals surface area contributed by atoms with E-state index >= 15 is 0 Å². The molecule has 1 fully saturated rings. The van der Waals surface area contributed by atoms with E-state index in [1.165, 1.54) is 23.5 Å². The Bertz CT molecular complexity index is 1310. The zero-order chi connectivity index (χ0) is 25.5. The molecule has 1 aliphatic heterocycles. The van der Waals surface area contributed by atoms with Gasteiger partial charge in [-0.15, -0.1) is 11.3 Å². The maximum atomic E-state index is 14.1. The summed E-state index contributed by atoms with van der Waals surface area (Å²) in [7, 11) is 0. The topological polar surface area (TPSA) is 129 Å². The second-order valence-corrected chi connectivity index (χ2v) is 9.50. The second-order valence-electron chi connectivity index (χ2n) is 8.18. The number of ether oxygens (including phenoxy) is 3. The van der Waals surface area contributed by atoms with Crippen LogP contribution < -0.4 is 20.9 Å². The van der Waals surface area contributed by atoms with Crippen LogP contribution in [-0.2, 0) is 11.3 Å². The number of halogens is 1. The van der Waals surface area contributed by atoms with Gasteiger partial charge in [0.2, 0.25) is 0 Å². The van der Waals surface area contributed by atoms with Gasteiger partial charge in [-0.1, -0.05) is 0 Å². The largest absolute Gasteiger partial charge is 0.488 e. The quantitative estimate of drug-likeness (QED) is 0.405. The van der Waals surface area contributed by atoms with E-state index in [0.29, 0.717) is 42.7 Å². The number of nitrogens with zero attached hydrogens (tertiary/aromatic N) is 3. The Balaban J connectivity index is 1.44. The van der Waals surface area contributed by atoms with Crippen LogP contribution in [0.25, 0.3) is 0 Å². The Morgan fingerprint density at radius 3 is 2.56 bits per heavy atom. The lowest BCUT2D eigenvalue weighted by atomic mass is 9.94. The van der Waals surface area contributed by atoms with Gasteiger partial charge in [0.1, 0.15) is 35.7 Å². The third kappa shape index (κ3) is 6.59. The van der Waals surface area contributed by atoms with E-state index in [1.807, 2.05) is 13.0 Å². The summed E-state index contributed by atoms with van der Waals surface area (Å²) in [5.41, 5.74) is 13.6. The second kappa shape index (κ2) is 11.7. The van der Waals surface area contributed by atoms with Crippen LogP contribution in [0.5, 0.6) is 17.2 Å². The van der Waals surface area contributed by atoms with Gasteiger partial charge in [0.15, 0.2) is 5.71 Å². The number of thiazole rings is 1. The van der Waals surface area contributed by atoms with Crippen molar-refractivity contribution in [3.63, 3.8) is 0 Å². The minimum Gasteiger partial charge on any atom is -0.488 e. The summed E-state index contributed by atoms with van der Waals surface area (Å²) in [5, 5.41) is 10.5. The Hall–Kier alpha value is -3.94. The maximum absolute atomic E-state index is 14.1. The van der Waals surface area contributed by atoms with Crippen LogP contribution in [0, 0.1) is 30.0 Å². The molecule has 4 N–H and O–H groups in total. The lowest BCUT2D eigenvalue weighted by Crippen LogP contribution is -2.27. The van der Waals surface area contributed by atoms with Crippen molar-refractivity contribution in [1.82, 2.24) is 4.98 Å². The van der Waals surface area contributed by atoms with Crippen LogP contribution in [0.15, 0.2) is 65.0 Å². The molecular formula is C26H26FN5O3S. The number of aryl methyl sites for hydroxylation is 1. The van der Waals surface area contributed by atoms with Gasteiger partial charge in [0, 0.05) is 49.2 Å². The van der Waals surface area contributed by atoms with Gasteiger partial charge in [-0.2, -0.15) is 5.26 Å². The zero-order valence-electron chi connectivity index (χ0n) is 19.7. The Morgan fingerprint density at radius 2 is 1.89 bits per heavy atom. The fourth-order valence-electron chi connectivity index (χ4n) is 3.67. The summed E-state index contributed by atoms with van der Waals surface area (Å²) in [5.74, 6) is 0.690. The number of rotatable bonds is 8. The fourth-order valence-corrected chi connectivity index (χ4v) is 4.38. The van der Waals surface area contributed by atoms with E-state index in [1.54, 1.807) is 36.5 Å². The molecule has 0 atom stereocenters. The van der Waals surface area contributed by atoms with Crippen LogP contribution in [-0.4, -0.2) is 23.9 Å². The molecule has 1 aliphatic rings. The number of nitriles is 1. The number of benzene rings is 2. The molecule has 0 radical (unpaired) electrons. The first-order valence-electron chi connectivity index (χ1n) is 11.4. The molecule has 2 aromatic carbocycles. The number of aromatic nitrogens is 1. The highest BCUT2D eigenvalue weighted by molar-refractivity contribution is 7.11. The molecule has 10 heteroatoms. The molecular weight excluding hydrogens is 481 g/mol. The molecule has 0 bridgehead atoms. The number of allylic oxidation sites excluding steroid dienone is 2. The molecule has 1 aromatic heterocycles. The van der Waals surface area contributed by atoms with Crippen LogP contribution in [0.1, 0.15) is 22.7 Å². The lowest BCUT2D eigenvalue weighted by Gasteiger charge is -2.23. The van der Waals surface area contributed by atoms with Gasteiger partial charge in [-0.25, -0.2) is 14.4 Å². The van der Waals surface area contributed by atoms with Crippen molar-refractivity contribution in [1.29, 1.82) is 5.26 Å². The average Bonchev–Trinajstić information content (AvgIpc) is 3.31. The summed E-state index contributed by atoms with van der Waals surface area (Å²) in [6.07, 6.45) is 3.26. The molecule has 0 unspecified atom stereocenters. The van der Waals surface area contributed by atoms with Crippen molar-refractivity contribution in [2.75, 3.05) is 13.2 Å². The third-order valence-electron chi connectivity index (χ3n) is 5.54. The SMILES string of the molecule is Cc1ncc(COc2cc(F)cc(Oc3ccc(N=C(C#N)/C(N)=C(\N)C4CCOCC4)cc3)c2)s1. The van der Waals surface area contributed by atoms with Crippen molar-refractivity contribution in [2.24, 2.45) is 22.4 Å².